The van der Waals surface area contributed by atoms with Crippen LogP contribution in [-0.4, -0.2) is 12.3 Å². The van der Waals surface area contributed by atoms with E-state index in [4.69, 9.17) is 5.26 Å². The van der Waals surface area contributed by atoms with Crippen LogP contribution in [0.1, 0.15) is 12.5 Å². The van der Waals surface area contributed by atoms with Gasteiger partial charge in [0.05, 0.1) is 11.6 Å². The Kier molecular flexibility index (Phi) is 3.38. The first-order valence-corrected chi connectivity index (χ1v) is 4.27. The first-order valence-electron chi connectivity index (χ1n) is 4.27. The molecule has 0 saturated carbocycles. The molecule has 0 aromatic heterocycles. The Balaban J connectivity index is 2.88. The SMILES string of the molecule is CC(Oc1ccc(C#N)cc1F)C(F)(F)F. The summed E-state index contributed by atoms with van der Waals surface area (Å²) >= 11 is 0. The highest BCUT2D eigenvalue weighted by atomic mass is 19.4. The average molecular weight is 233 g/mol. The normalized spacial score (nSPS) is 13.0. The zero-order valence-corrected chi connectivity index (χ0v) is 8.18. The summed E-state index contributed by atoms with van der Waals surface area (Å²) in [5, 5.41) is 8.43. The van der Waals surface area contributed by atoms with Crippen molar-refractivity contribution in [2.24, 2.45) is 0 Å². The summed E-state index contributed by atoms with van der Waals surface area (Å²) in [6.07, 6.45) is -6.66. The smallest absolute Gasteiger partial charge is 0.425 e. The van der Waals surface area contributed by atoms with Crippen molar-refractivity contribution in [3.8, 4) is 11.8 Å². The van der Waals surface area contributed by atoms with E-state index in [1.807, 2.05) is 0 Å². The maximum atomic E-state index is 13.1. The van der Waals surface area contributed by atoms with Crippen LogP contribution in [-0.2, 0) is 0 Å². The quantitative estimate of drug-likeness (QED) is 0.735. The summed E-state index contributed by atoms with van der Waals surface area (Å²) in [7, 11) is 0. The van der Waals surface area contributed by atoms with Gasteiger partial charge in [0.15, 0.2) is 17.7 Å². The van der Waals surface area contributed by atoms with Crippen LogP contribution in [0.4, 0.5) is 17.6 Å². The Bertz CT molecular complexity index is 422. The lowest BCUT2D eigenvalue weighted by Crippen LogP contribution is -2.31. The van der Waals surface area contributed by atoms with Crippen molar-refractivity contribution in [2.45, 2.75) is 19.2 Å². The summed E-state index contributed by atoms with van der Waals surface area (Å²) < 4.78 is 53.9. The highest BCUT2D eigenvalue weighted by molar-refractivity contribution is 5.36. The fourth-order valence-corrected chi connectivity index (χ4v) is 0.923. The summed E-state index contributed by atoms with van der Waals surface area (Å²) in [6, 6.07) is 4.66. The molecule has 0 N–H and O–H groups in total. The van der Waals surface area contributed by atoms with Crippen molar-refractivity contribution in [1.29, 1.82) is 5.26 Å². The van der Waals surface area contributed by atoms with Gasteiger partial charge in [-0.2, -0.15) is 18.4 Å². The van der Waals surface area contributed by atoms with E-state index in [9.17, 15) is 17.6 Å². The molecule has 1 atom stereocenters. The molecule has 0 fully saturated rings. The highest BCUT2D eigenvalue weighted by Gasteiger charge is 2.38. The largest absolute Gasteiger partial charge is 0.478 e. The average Bonchev–Trinajstić information content (AvgIpc) is 2.19. The van der Waals surface area contributed by atoms with Crippen LogP contribution in [0.5, 0.6) is 5.75 Å². The Morgan fingerprint density at radius 3 is 2.44 bits per heavy atom. The molecule has 16 heavy (non-hydrogen) atoms. The summed E-state index contributed by atoms with van der Waals surface area (Å²) in [5.74, 6) is -1.51. The zero-order chi connectivity index (χ0) is 12.3. The van der Waals surface area contributed by atoms with E-state index < -0.39 is 23.8 Å². The molecular formula is C10H7F4NO. The predicted octanol–water partition coefficient (Wildman–Crippen LogP) is 3.03. The van der Waals surface area contributed by atoms with Gasteiger partial charge in [0.2, 0.25) is 0 Å². The molecule has 0 aliphatic heterocycles. The number of benzene rings is 1. The Labute approximate surface area is 89.1 Å². The van der Waals surface area contributed by atoms with Crippen LogP contribution in [0.25, 0.3) is 0 Å². The molecule has 1 aromatic rings. The van der Waals surface area contributed by atoms with Gasteiger partial charge in [-0.25, -0.2) is 4.39 Å². The van der Waals surface area contributed by atoms with E-state index in [2.05, 4.69) is 4.74 Å². The van der Waals surface area contributed by atoms with E-state index in [1.54, 1.807) is 6.07 Å². The molecule has 0 radical (unpaired) electrons. The van der Waals surface area contributed by atoms with Gasteiger partial charge >= 0.3 is 6.18 Å². The number of nitriles is 1. The Morgan fingerprint density at radius 2 is 2.00 bits per heavy atom. The molecule has 0 spiro atoms. The molecule has 1 unspecified atom stereocenters. The van der Waals surface area contributed by atoms with E-state index in [0.29, 0.717) is 0 Å². The van der Waals surface area contributed by atoms with Crippen molar-refractivity contribution in [3.05, 3.63) is 29.6 Å². The molecule has 86 valence electrons. The summed E-state index contributed by atoms with van der Waals surface area (Å²) in [4.78, 5) is 0. The van der Waals surface area contributed by atoms with Crippen LogP contribution in [0, 0.1) is 17.1 Å². The van der Waals surface area contributed by atoms with E-state index in [-0.39, 0.29) is 5.56 Å². The second-order valence-corrected chi connectivity index (χ2v) is 3.06. The van der Waals surface area contributed by atoms with Crippen LogP contribution < -0.4 is 4.74 Å². The van der Waals surface area contributed by atoms with Gasteiger partial charge in [0.1, 0.15) is 0 Å². The maximum absolute atomic E-state index is 13.1. The number of hydrogen-bond acceptors (Lipinski definition) is 2. The second kappa shape index (κ2) is 4.39. The van der Waals surface area contributed by atoms with Crippen molar-refractivity contribution < 1.29 is 22.3 Å². The second-order valence-electron chi connectivity index (χ2n) is 3.06. The Morgan fingerprint density at radius 1 is 1.38 bits per heavy atom. The molecular weight excluding hydrogens is 226 g/mol. The van der Waals surface area contributed by atoms with Gasteiger partial charge in [-0.3, -0.25) is 0 Å². The number of alkyl halides is 3. The van der Waals surface area contributed by atoms with Gasteiger partial charge in [-0.15, -0.1) is 0 Å². The monoisotopic (exact) mass is 233 g/mol. The molecule has 1 rings (SSSR count). The van der Waals surface area contributed by atoms with Gasteiger partial charge in [-0.1, -0.05) is 0 Å². The van der Waals surface area contributed by atoms with E-state index in [1.165, 1.54) is 6.07 Å². The third-order valence-corrected chi connectivity index (χ3v) is 1.83. The molecule has 0 aliphatic carbocycles. The van der Waals surface area contributed by atoms with Crippen LogP contribution in [0.15, 0.2) is 18.2 Å². The minimum absolute atomic E-state index is 0.0181. The van der Waals surface area contributed by atoms with Gasteiger partial charge in [0.25, 0.3) is 0 Å². The number of halogens is 4. The van der Waals surface area contributed by atoms with E-state index >= 15 is 0 Å². The predicted molar refractivity (Wildman–Crippen MR) is 47.3 cm³/mol. The number of ether oxygens (including phenoxy) is 1. The van der Waals surface area contributed by atoms with Crippen LogP contribution in [0.3, 0.4) is 0 Å². The van der Waals surface area contributed by atoms with Crippen molar-refractivity contribution in [2.75, 3.05) is 0 Å². The van der Waals surface area contributed by atoms with Crippen molar-refractivity contribution in [1.82, 2.24) is 0 Å². The minimum Gasteiger partial charge on any atom is -0.478 e. The fraction of sp³-hybridized carbons (Fsp3) is 0.300. The molecule has 0 heterocycles. The Hall–Kier alpha value is -1.77. The molecule has 0 aliphatic rings. The third-order valence-electron chi connectivity index (χ3n) is 1.83. The number of hydrogen-bond donors (Lipinski definition) is 0. The zero-order valence-electron chi connectivity index (χ0n) is 8.18. The number of nitrogens with zero attached hydrogens (tertiary/aromatic N) is 1. The topological polar surface area (TPSA) is 33.0 Å². The van der Waals surface area contributed by atoms with E-state index in [0.717, 1.165) is 19.1 Å². The fourth-order valence-electron chi connectivity index (χ4n) is 0.923. The first-order chi connectivity index (χ1) is 7.34. The maximum Gasteiger partial charge on any atom is 0.425 e. The summed E-state index contributed by atoms with van der Waals surface area (Å²) in [6.45, 7) is 0.775. The molecule has 1 aromatic carbocycles. The standard InChI is InChI=1S/C10H7F4NO/c1-6(10(12,13)14)16-9-3-2-7(5-15)4-8(9)11/h2-4,6H,1H3. The van der Waals surface area contributed by atoms with Crippen molar-refractivity contribution in [3.63, 3.8) is 0 Å². The third kappa shape index (κ3) is 2.86. The molecule has 0 amide bonds. The lowest BCUT2D eigenvalue weighted by Gasteiger charge is -2.17. The minimum atomic E-state index is -4.56. The highest BCUT2D eigenvalue weighted by Crippen LogP contribution is 2.26. The van der Waals surface area contributed by atoms with Gasteiger partial charge in [-0.05, 0) is 25.1 Å². The molecule has 0 bridgehead atoms. The van der Waals surface area contributed by atoms with Crippen molar-refractivity contribution >= 4 is 0 Å². The van der Waals surface area contributed by atoms with Crippen LogP contribution in [0.2, 0.25) is 0 Å². The lowest BCUT2D eigenvalue weighted by molar-refractivity contribution is -0.189. The molecule has 6 heteroatoms. The lowest BCUT2D eigenvalue weighted by atomic mass is 10.2. The van der Waals surface area contributed by atoms with Crippen LogP contribution >= 0.6 is 0 Å². The van der Waals surface area contributed by atoms with Gasteiger partial charge in [0, 0.05) is 0 Å². The number of rotatable bonds is 2. The molecule has 2 nitrogen and oxygen atoms in total. The molecule has 0 saturated heterocycles. The first kappa shape index (κ1) is 12.3. The summed E-state index contributed by atoms with van der Waals surface area (Å²) in [5.41, 5.74) is 0.0181. The van der Waals surface area contributed by atoms with Gasteiger partial charge < -0.3 is 4.74 Å².